The molecule has 1 aromatic heterocycles. The molecule has 2 heterocycles. The van der Waals surface area contributed by atoms with Crippen LogP contribution in [0, 0.1) is 11.8 Å². The van der Waals surface area contributed by atoms with Gasteiger partial charge in [0.05, 0.1) is 16.5 Å². The number of thiazole rings is 1. The van der Waals surface area contributed by atoms with Crippen LogP contribution in [0.5, 0.6) is 0 Å². The number of rotatable bonds is 8. The Hall–Kier alpha value is -1.97. The van der Waals surface area contributed by atoms with Crippen LogP contribution in [0.3, 0.4) is 0 Å². The Bertz CT molecular complexity index is 1180. The molecule has 0 saturated carbocycles. The number of halogens is 2. The first-order valence-corrected chi connectivity index (χ1v) is 13.5. The first kappa shape index (κ1) is 25.1. The highest BCUT2D eigenvalue weighted by atomic mass is 35.5. The summed E-state index contributed by atoms with van der Waals surface area (Å²) in [5.74, 6) is 0.334. The van der Waals surface area contributed by atoms with Gasteiger partial charge in [0.2, 0.25) is 5.91 Å². The summed E-state index contributed by atoms with van der Waals surface area (Å²) in [6.07, 6.45) is 1.86. The SMILES string of the molecule is Cc1ccc(CN2CCC(NC(=O)CSc3nc(-c4ccc(Cl)c(N=O)c4)cs3)CC2)cc1Cl. The second-order valence-electron chi connectivity index (χ2n) is 8.25. The van der Waals surface area contributed by atoms with Gasteiger partial charge in [0.1, 0.15) is 5.69 Å². The predicted molar refractivity (Wildman–Crippen MR) is 141 cm³/mol. The Balaban J connectivity index is 1.21. The normalized spacial score (nSPS) is 14.8. The third-order valence-electron chi connectivity index (χ3n) is 5.75. The average Bonchev–Trinajstić information content (AvgIpc) is 3.31. The van der Waals surface area contributed by atoms with Gasteiger partial charge in [-0.1, -0.05) is 53.2 Å². The maximum absolute atomic E-state index is 12.5. The number of hydrogen-bond donors (Lipinski definition) is 1. The Kier molecular flexibility index (Phi) is 8.60. The van der Waals surface area contributed by atoms with E-state index in [2.05, 4.69) is 32.5 Å². The number of aromatic nitrogens is 1. The highest BCUT2D eigenvalue weighted by Crippen LogP contribution is 2.33. The maximum Gasteiger partial charge on any atom is 0.230 e. The highest BCUT2D eigenvalue weighted by Gasteiger charge is 2.21. The predicted octanol–water partition coefficient (Wildman–Crippen LogP) is 6.70. The number of aryl methyl sites for hydroxylation is 1. The number of likely N-dealkylation sites (tertiary alicyclic amines) is 1. The first-order chi connectivity index (χ1) is 16.4. The van der Waals surface area contributed by atoms with Gasteiger partial charge in [-0.15, -0.1) is 16.2 Å². The molecule has 0 unspecified atom stereocenters. The fraction of sp³-hybridized carbons (Fsp3) is 0.333. The number of thioether (sulfide) groups is 1. The summed E-state index contributed by atoms with van der Waals surface area (Å²) < 4.78 is 0.798. The van der Waals surface area contributed by atoms with E-state index in [1.54, 1.807) is 18.2 Å². The van der Waals surface area contributed by atoms with Crippen LogP contribution in [0.4, 0.5) is 5.69 Å². The summed E-state index contributed by atoms with van der Waals surface area (Å²) in [5, 5.41) is 9.11. The molecule has 6 nitrogen and oxygen atoms in total. The van der Waals surface area contributed by atoms with Crippen molar-refractivity contribution in [1.82, 2.24) is 15.2 Å². The van der Waals surface area contributed by atoms with Crippen LogP contribution < -0.4 is 5.32 Å². The van der Waals surface area contributed by atoms with E-state index in [1.807, 2.05) is 18.4 Å². The van der Waals surface area contributed by atoms with Crippen molar-refractivity contribution in [3.05, 3.63) is 67.9 Å². The third kappa shape index (κ3) is 6.58. The van der Waals surface area contributed by atoms with Gasteiger partial charge in [0.25, 0.3) is 0 Å². The lowest BCUT2D eigenvalue weighted by atomic mass is 10.0. The van der Waals surface area contributed by atoms with Gasteiger partial charge in [-0.3, -0.25) is 9.69 Å². The number of nitrogens with one attached hydrogen (secondary N) is 1. The van der Waals surface area contributed by atoms with Crippen molar-refractivity contribution >= 4 is 57.9 Å². The van der Waals surface area contributed by atoms with Crippen molar-refractivity contribution in [2.24, 2.45) is 5.18 Å². The quantitative estimate of drug-likeness (QED) is 0.257. The van der Waals surface area contributed by atoms with Gasteiger partial charge >= 0.3 is 0 Å². The van der Waals surface area contributed by atoms with Gasteiger partial charge in [-0.25, -0.2) is 4.98 Å². The molecular weight excluding hydrogens is 511 g/mol. The summed E-state index contributed by atoms with van der Waals surface area (Å²) in [6, 6.07) is 11.5. The number of piperidine rings is 1. The third-order valence-corrected chi connectivity index (χ3v) is 8.49. The Labute approximate surface area is 217 Å². The standard InChI is InChI=1S/C24H24Cl2N4O2S2/c1-15-2-3-16(10-20(15)26)12-30-8-6-18(7-9-30)27-23(31)14-34-24-28-22(13-33-24)17-4-5-19(25)21(11-17)29-32/h2-5,10-11,13,18H,6-9,12,14H2,1H3,(H,27,31). The zero-order valence-corrected chi connectivity index (χ0v) is 21.7. The molecule has 0 aliphatic carbocycles. The fourth-order valence-electron chi connectivity index (χ4n) is 3.82. The summed E-state index contributed by atoms with van der Waals surface area (Å²) in [7, 11) is 0. The maximum atomic E-state index is 12.5. The molecule has 0 atom stereocenters. The van der Waals surface area contributed by atoms with Crippen molar-refractivity contribution in [2.75, 3.05) is 18.8 Å². The molecule has 0 radical (unpaired) electrons. The summed E-state index contributed by atoms with van der Waals surface area (Å²) >= 11 is 15.1. The molecular formula is C24H24Cl2N4O2S2. The molecule has 2 aromatic carbocycles. The van der Waals surface area contributed by atoms with Crippen LogP contribution in [0.15, 0.2) is 51.3 Å². The largest absolute Gasteiger partial charge is 0.353 e. The Morgan fingerprint density at radius 1 is 1.21 bits per heavy atom. The monoisotopic (exact) mass is 534 g/mol. The molecule has 1 aliphatic rings. The molecule has 1 fully saturated rings. The number of carbonyl (C=O) groups excluding carboxylic acids is 1. The molecule has 34 heavy (non-hydrogen) atoms. The zero-order valence-electron chi connectivity index (χ0n) is 18.6. The van der Waals surface area contributed by atoms with Gasteiger partial charge in [0, 0.05) is 41.6 Å². The van der Waals surface area contributed by atoms with Gasteiger partial charge < -0.3 is 5.32 Å². The molecule has 178 valence electrons. The second kappa shape index (κ2) is 11.6. The van der Waals surface area contributed by atoms with E-state index in [-0.39, 0.29) is 17.6 Å². The number of hydrogen-bond acceptors (Lipinski definition) is 7. The number of nitroso groups, excluding NO2 is 1. The molecule has 1 saturated heterocycles. The van der Waals surface area contributed by atoms with Crippen LogP contribution in [0.25, 0.3) is 11.3 Å². The van der Waals surface area contributed by atoms with Crippen LogP contribution in [0.2, 0.25) is 10.0 Å². The summed E-state index contributed by atoms with van der Waals surface area (Å²) in [6.45, 7) is 4.77. The molecule has 10 heteroatoms. The van der Waals surface area contributed by atoms with E-state index >= 15 is 0 Å². The Morgan fingerprint density at radius 2 is 2.00 bits per heavy atom. The van der Waals surface area contributed by atoms with Crippen molar-refractivity contribution in [1.29, 1.82) is 0 Å². The lowest BCUT2D eigenvalue weighted by molar-refractivity contribution is -0.119. The number of nitrogens with zero attached hydrogens (tertiary/aromatic N) is 3. The molecule has 0 spiro atoms. The smallest absolute Gasteiger partial charge is 0.230 e. The highest BCUT2D eigenvalue weighted by molar-refractivity contribution is 8.01. The van der Waals surface area contributed by atoms with E-state index in [4.69, 9.17) is 23.2 Å². The second-order valence-corrected chi connectivity index (χ2v) is 11.1. The zero-order chi connectivity index (χ0) is 24.1. The molecule has 1 amide bonds. The van der Waals surface area contributed by atoms with Crippen LogP contribution in [-0.4, -0.2) is 40.7 Å². The van der Waals surface area contributed by atoms with Crippen molar-refractivity contribution in [3.8, 4) is 11.3 Å². The van der Waals surface area contributed by atoms with Crippen molar-refractivity contribution < 1.29 is 4.79 Å². The van der Waals surface area contributed by atoms with E-state index in [0.29, 0.717) is 10.8 Å². The van der Waals surface area contributed by atoms with Crippen molar-refractivity contribution in [2.45, 2.75) is 36.7 Å². The van der Waals surface area contributed by atoms with Crippen LogP contribution in [-0.2, 0) is 11.3 Å². The first-order valence-electron chi connectivity index (χ1n) is 10.9. The molecule has 1 aliphatic heterocycles. The number of carbonyl (C=O) groups is 1. The lowest BCUT2D eigenvalue weighted by Crippen LogP contribution is -2.44. The topological polar surface area (TPSA) is 74.7 Å². The summed E-state index contributed by atoms with van der Waals surface area (Å²) in [5.41, 5.74) is 4.00. The number of amides is 1. The van der Waals surface area contributed by atoms with E-state index in [9.17, 15) is 9.70 Å². The molecule has 4 rings (SSSR count). The van der Waals surface area contributed by atoms with Gasteiger partial charge in [-0.2, -0.15) is 0 Å². The lowest BCUT2D eigenvalue weighted by Gasteiger charge is -2.32. The molecule has 1 N–H and O–H groups in total. The van der Waals surface area contributed by atoms with E-state index in [0.717, 1.165) is 58.7 Å². The van der Waals surface area contributed by atoms with Gasteiger partial charge in [0.15, 0.2) is 4.34 Å². The number of benzene rings is 2. The minimum Gasteiger partial charge on any atom is -0.353 e. The minimum atomic E-state index is 0.0180. The molecule has 0 bridgehead atoms. The fourth-order valence-corrected chi connectivity index (χ4v) is 5.82. The van der Waals surface area contributed by atoms with E-state index < -0.39 is 0 Å². The molecule has 3 aromatic rings. The average molecular weight is 536 g/mol. The Morgan fingerprint density at radius 3 is 2.74 bits per heavy atom. The van der Waals surface area contributed by atoms with Gasteiger partial charge in [-0.05, 0) is 54.3 Å². The minimum absolute atomic E-state index is 0.0180. The summed E-state index contributed by atoms with van der Waals surface area (Å²) in [4.78, 5) is 30.3. The van der Waals surface area contributed by atoms with Crippen LogP contribution in [0.1, 0.15) is 24.0 Å². The van der Waals surface area contributed by atoms with E-state index in [1.165, 1.54) is 28.7 Å². The van der Waals surface area contributed by atoms with Crippen LogP contribution >= 0.6 is 46.3 Å². The van der Waals surface area contributed by atoms with Crippen molar-refractivity contribution in [3.63, 3.8) is 0 Å².